The number of benzene rings is 2. The lowest BCUT2D eigenvalue weighted by Gasteiger charge is -2.21. The minimum absolute atomic E-state index is 0.0794. The lowest BCUT2D eigenvalue weighted by molar-refractivity contribution is -0.137. The van der Waals surface area contributed by atoms with Crippen LogP contribution in [0.3, 0.4) is 0 Å². The smallest absolute Gasteiger partial charge is 0.416 e. The van der Waals surface area contributed by atoms with Crippen LogP contribution in [0.2, 0.25) is 5.02 Å². The summed E-state index contributed by atoms with van der Waals surface area (Å²) in [5.74, 6) is -0.810. The molecule has 2 aromatic carbocycles. The van der Waals surface area contributed by atoms with Crippen LogP contribution in [0, 0.1) is 0 Å². The van der Waals surface area contributed by atoms with Gasteiger partial charge in [0.1, 0.15) is 5.75 Å². The zero-order valence-electron chi connectivity index (χ0n) is 12.2. The SMILES string of the molecule is COc1ccc(Cl)cc1N1C(=O)[C@H](F)c2ccc(C(F)(F)F)cc21. The Labute approximate surface area is 139 Å². The molecule has 0 radical (unpaired) electrons. The number of ether oxygens (including phenoxy) is 1. The summed E-state index contributed by atoms with van der Waals surface area (Å²) in [7, 11) is 1.33. The van der Waals surface area contributed by atoms with E-state index in [4.69, 9.17) is 16.3 Å². The van der Waals surface area contributed by atoms with Crippen molar-refractivity contribution in [1.82, 2.24) is 0 Å². The van der Waals surface area contributed by atoms with Crippen molar-refractivity contribution in [2.45, 2.75) is 12.3 Å². The van der Waals surface area contributed by atoms with E-state index in [1.165, 1.54) is 25.3 Å². The van der Waals surface area contributed by atoms with Crippen molar-refractivity contribution in [1.29, 1.82) is 0 Å². The number of rotatable bonds is 2. The maximum atomic E-state index is 14.3. The van der Waals surface area contributed by atoms with Gasteiger partial charge in [-0.25, -0.2) is 4.39 Å². The van der Waals surface area contributed by atoms with Gasteiger partial charge in [0.05, 0.1) is 24.0 Å². The van der Waals surface area contributed by atoms with Crippen LogP contribution < -0.4 is 9.64 Å². The Kier molecular flexibility index (Phi) is 3.91. The van der Waals surface area contributed by atoms with Gasteiger partial charge >= 0.3 is 6.18 Å². The Hall–Kier alpha value is -2.28. The first-order chi connectivity index (χ1) is 11.2. The summed E-state index contributed by atoms with van der Waals surface area (Å²) in [6, 6.07) is 6.73. The van der Waals surface area contributed by atoms with E-state index in [1.54, 1.807) is 0 Å². The topological polar surface area (TPSA) is 29.5 Å². The summed E-state index contributed by atoms with van der Waals surface area (Å²) < 4.78 is 58.2. The third-order valence-electron chi connectivity index (χ3n) is 3.69. The molecule has 1 atom stereocenters. The number of fused-ring (bicyclic) bond motifs is 1. The molecule has 0 bridgehead atoms. The molecule has 1 amide bonds. The van der Waals surface area contributed by atoms with E-state index in [1.807, 2.05) is 0 Å². The highest BCUT2D eigenvalue weighted by atomic mass is 35.5. The fourth-order valence-electron chi connectivity index (χ4n) is 2.58. The Morgan fingerprint density at radius 3 is 2.46 bits per heavy atom. The molecule has 3 rings (SSSR count). The number of halogens is 5. The molecule has 0 fully saturated rings. The molecular weight excluding hydrogens is 350 g/mol. The Balaban J connectivity index is 2.22. The Bertz CT molecular complexity index is 822. The lowest BCUT2D eigenvalue weighted by Crippen LogP contribution is -2.23. The zero-order valence-corrected chi connectivity index (χ0v) is 13.0. The number of anilines is 2. The molecule has 24 heavy (non-hydrogen) atoms. The van der Waals surface area contributed by atoms with E-state index in [9.17, 15) is 22.4 Å². The van der Waals surface area contributed by atoms with Crippen molar-refractivity contribution >= 4 is 28.9 Å². The van der Waals surface area contributed by atoms with Crippen LogP contribution in [-0.2, 0) is 11.0 Å². The van der Waals surface area contributed by atoms with Gasteiger partial charge in [0.25, 0.3) is 5.91 Å². The minimum atomic E-state index is -4.61. The van der Waals surface area contributed by atoms with Gasteiger partial charge in [-0.1, -0.05) is 17.7 Å². The number of alkyl halides is 4. The van der Waals surface area contributed by atoms with Gasteiger partial charge in [-0.2, -0.15) is 13.2 Å². The fraction of sp³-hybridized carbons (Fsp3) is 0.188. The second kappa shape index (κ2) is 5.66. The summed E-state index contributed by atoms with van der Waals surface area (Å²) in [5, 5.41) is 0.231. The van der Waals surface area contributed by atoms with Gasteiger partial charge < -0.3 is 4.74 Å². The molecule has 8 heteroatoms. The number of hydrogen-bond donors (Lipinski definition) is 0. The van der Waals surface area contributed by atoms with Crippen LogP contribution in [-0.4, -0.2) is 13.0 Å². The standard InChI is InChI=1S/C16H10ClF4NO2/c1-24-13-5-3-9(17)7-12(13)22-11-6-8(16(19,20)21)2-4-10(11)14(18)15(22)23/h2-7,14H,1H3/t14-/m1/s1. The first-order valence-electron chi connectivity index (χ1n) is 6.76. The second-order valence-corrected chi connectivity index (χ2v) is 5.56. The number of methoxy groups -OCH3 is 1. The van der Waals surface area contributed by atoms with Crippen molar-refractivity contribution in [2.75, 3.05) is 12.0 Å². The minimum Gasteiger partial charge on any atom is -0.495 e. The Morgan fingerprint density at radius 2 is 1.83 bits per heavy atom. The van der Waals surface area contributed by atoms with Crippen molar-refractivity contribution in [3.05, 3.63) is 52.5 Å². The lowest BCUT2D eigenvalue weighted by atomic mass is 10.1. The predicted octanol–water partition coefficient (Wildman–Crippen LogP) is 5.06. The molecule has 2 aromatic rings. The van der Waals surface area contributed by atoms with Crippen molar-refractivity contribution in [3.63, 3.8) is 0 Å². The predicted molar refractivity (Wildman–Crippen MR) is 80.4 cm³/mol. The molecule has 0 spiro atoms. The third-order valence-corrected chi connectivity index (χ3v) is 3.93. The van der Waals surface area contributed by atoms with Crippen molar-refractivity contribution < 1.29 is 27.1 Å². The first kappa shape index (κ1) is 16.6. The van der Waals surface area contributed by atoms with Crippen LogP contribution in [0.1, 0.15) is 17.3 Å². The largest absolute Gasteiger partial charge is 0.495 e. The molecule has 0 aliphatic carbocycles. The number of nitrogens with zero attached hydrogens (tertiary/aromatic N) is 1. The normalized spacial score (nSPS) is 17.2. The average Bonchev–Trinajstić information content (AvgIpc) is 2.77. The van der Waals surface area contributed by atoms with E-state index in [0.29, 0.717) is 0 Å². The van der Waals surface area contributed by atoms with E-state index in [0.717, 1.165) is 23.1 Å². The number of carbonyl (C=O) groups excluding carboxylic acids is 1. The molecule has 1 aliphatic rings. The molecule has 0 unspecified atom stereocenters. The summed E-state index contributed by atoms with van der Waals surface area (Å²) in [4.78, 5) is 13.1. The van der Waals surface area contributed by atoms with Crippen molar-refractivity contribution in [3.8, 4) is 5.75 Å². The van der Waals surface area contributed by atoms with Crippen LogP contribution in [0.15, 0.2) is 36.4 Å². The number of amides is 1. The molecule has 126 valence electrons. The maximum absolute atomic E-state index is 14.3. The Morgan fingerprint density at radius 1 is 1.12 bits per heavy atom. The van der Waals surface area contributed by atoms with Crippen LogP contribution >= 0.6 is 11.6 Å². The summed E-state index contributed by atoms with van der Waals surface area (Å²) in [5.41, 5.74) is -1.21. The van der Waals surface area contributed by atoms with E-state index < -0.39 is 23.8 Å². The molecule has 3 nitrogen and oxygen atoms in total. The van der Waals surface area contributed by atoms with E-state index in [-0.39, 0.29) is 27.7 Å². The number of hydrogen-bond acceptors (Lipinski definition) is 2. The second-order valence-electron chi connectivity index (χ2n) is 5.12. The molecule has 0 N–H and O–H groups in total. The van der Waals surface area contributed by atoms with E-state index in [2.05, 4.69) is 0 Å². The zero-order chi connectivity index (χ0) is 17.6. The van der Waals surface area contributed by atoms with Gasteiger partial charge in [-0.3, -0.25) is 9.69 Å². The van der Waals surface area contributed by atoms with Gasteiger partial charge in [-0.05, 0) is 30.3 Å². The number of carbonyl (C=O) groups is 1. The highest BCUT2D eigenvalue weighted by Gasteiger charge is 2.42. The highest BCUT2D eigenvalue weighted by Crippen LogP contribution is 2.47. The quantitative estimate of drug-likeness (QED) is 0.702. The maximum Gasteiger partial charge on any atom is 0.416 e. The van der Waals surface area contributed by atoms with Gasteiger partial charge in [0.15, 0.2) is 0 Å². The molecular formula is C16H10ClF4NO2. The first-order valence-corrected chi connectivity index (χ1v) is 7.14. The molecule has 1 heterocycles. The summed E-state index contributed by atoms with van der Waals surface area (Å²) in [6.45, 7) is 0. The molecule has 0 saturated heterocycles. The van der Waals surface area contributed by atoms with Crippen LogP contribution in [0.4, 0.5) is 28.9 Å². The summed E-state index contributed by atoms with van der Waals surface area (Å²) >= 11 is 5.90. The van der Waals surface area contributed by atoms with Crippen LogP contribution in [0.25, 0.3) is 0 Å². The van der Waals surface area contributed by atoms with Gasteiger partial charge in [-0.15, -0.1) is 0 Å². The third kappa shape index (κ3) is 2.58. The van der Waals surface area contributed by atoms with Gasteiger partial charge in [0.2, 0.25) is 6.17 Å². The molecule has 1 aliphatic heterocycles. The molecule has 0 saturated carbocycles. The van der Waals surface area contributed by atoms with Crippen molar-refractivity contribution in [2.24, 2.45) is 0 Å². The fourth-order valence-corrected chi connectivity index (χ4v) is 2.75. The molecule has 0 aromatic heterocycles. The van der Waals surface area contributed by atoms with Crippen LogP contribution in [0.5, 0.6) is 5.75 Å². The van der Waals surface area contributed by atoms with Gasteiger partial charge in [0, 0.05) is 10.6 Å². The summed E-state index contributed by atoms with van der Waals surface area (Å²) in [6.07, 6.45) is -6.66. The average molecular weight is 360 g/mol. The van der Waals surface area contributed by atoms with E-state index >= 15 is 0 Å². The monoisotopic (exact) mass is 359 g/mol. The highest BCUT2D eigenvalue weighted by molar-refractivity contribution is 6.31.